The van der Waals surface area contributed by atoms with Crippen LogP contribution in [0.5, 0.6) is 0 Å². The number of carbonyl (C=O) groups excluding carboxylic acids is 3. The van der Waals surface area contributed by atoms with E-state index in [1.54, 1.807) is 0 Å². The summed E-state index contributed by atoms with van der Waals surface area (Å²) in [5, 5.41) is 3.94. The Morgan fingerprint density at radius 1 is 0.656 bits per heavy atom. The number of rotatable bonds is 8. The van der Waals surface area contributed by atoms with Gasteiger partial charge in [0.2, 0.25) is 17.7 Å². The summed E-state index contributed by atoms with van der Waals surface area (Å²) < 4.78 is 0. The van der Waals surface area contributed by atoms with E-state index < -0.39 is 7.26 Å². The molecule has 1 fully saturated rings. The van der Waals surface area contributed by atoms with Crippen LogP contribution in [-0.2, 0) is 14.4 Å². The molecular formula is C27H27NO3P+. The normalized spacial score (nSPS) is 14.1. The lowest BCUT2D eigenvalue weighted by Gasteiger charge is -2.27. The van der Waals surface area contributed by atoms with Crippen LogP contribution in [0.25, 0.3) is 0 Å². The van der Waals surface area contributed by atoms with Crippen molar-refractivity contribution in [2.75, 3.05) is 6.16 Å². The molecule has 1 heterocycles. The first kappa shape index (κ1) is 22.1. The monoisotopic (exact) mass is 444 g/mol. The molecule has 4 rings (SSSR count). The molecule has 1 aliphatic heterocycles. The minimum atomic E-state index is -1.92. The van der Waals surface area contributed by atoms with E-state index in [0.29, 0.717) is 6.42 Å². The topological polar surface area (TPSA) is 54.5 Å². The van der Waals surface area contributed by atoms with E-state index in [2.05, 4.69) is 72.8 Å². The van der Waals surface area contributed by atoms with Gasteiger partial charge in [0.15, 0.2) is 0 Å². The van der Waals surface area contributed by atoms with Crippen molar-refractivity contribution >= 4 is 40.9 Å². The van der Waals surface area contributed by atoms with E-state index in [1.165, 1.54) is 15.9 Å². The van der Waals surface area contributed by atoms with Crippen LogP contribution in [0, 0.1) is 0 Å². The van der Waals surface area contributed by atoms with E-state index in [9.17, 15) is 14.4 Å². The molecule has 0 aromatic heterocycles. The molecule has 0 aliphatic carbocycles. The first-order valence-corrected chi connectivity index (χ1v) is 13.0. The third-order valence-corrected chi connectivity index (χ3v) is 10.6. The van der Waals surface area contributed by atoms with Crippen LogP contribution in [0.4, 0.5) is 0 Å². The highest BCUT2D eigenvalue weighted by molar-refractivity contribution is 7.95. The Morgan fingerprint density at radius 3 is 1.47 bits per heavy atom. The lowest BCUT2D eigenvalue weighted by molar-refractivity contribution is -0.149. The fraction of sp³-hybridized carbons (Fsp3) is 0.222. The Kier molecular flexibility index (Phi) is 6.92. The zero-order valence-electron chi connectivity index (χ0n) is 18.0. The smallest absolute Gasteiger partial charge is 0.236 e. The molecule has 4 nitrogen and oxygen atoms in total. The number of hydrogen-bond donors (Lipinski definition) is 0. The molecule has 1 saturated heterocycles. The highest BCUT2D eigenvalue weighted by Gasteiger charge is 2.44. The van der Waals surface area contributed by atoms with Crippen LogP contribution in [0.1, 0.15) is 32.1 Å². The van der Waals surface area contributed by atoms with Crippen LogP contribution in [-0.4, -0.2) is 28.8 Å². The Bertz CT molecular complexity index is 971. The minimum Gasteiger partial charge on any atom is -0.274 e. The number of nitrogens with zero attached hydrogens (tertiary/aromatic N) is 1. The molecule has 0 spiro atoms. The van der Waals surface area contributed by atoms with Crippen LogP contribution in [0.15, 0.2) is 91.0 Å². The summed E-state index contributed by atoms with van der Waals surface area (Å²) in [7, 11) is -1.92. The van der Waals surface area contributed by atoms with Gasteiger partial charge in [-0.05, 0) is 49.2 Å². The Balaban J connectivity index is 1.61. The van der Waals surface area contributed by atoms with E-state index in [-0.39, 0.29) is 37.0 Å². The molecule has 1 aliphatic rings. The van der Waals surface area contributed by atoms with Crippen LogP contribution < -0.4 is 15.9 Å². The van der Waals surface area contributed by atoms with Crippen molar-refractivity contribution in [3.8, 4) is 0 Å². The van der Waals surface area contributed by atoms with Gasteiger partial charge in [-0.15, -0.1) is 0 Å². The zero-order chi connectivity index (χ0) is 22.4. The highest BCUT2D eigenvalue weighted by Crippen LogP contribution is 2.55. The molecule has 3 amide bonds. The fourth-order valence-corrected chi connectivity index (χ4v) is 8.88. The zero-order valence-corrected chi connectivity index (χ0v) is 18.9. The molecular weight excluding hydrogens is 417 g/mol. The average molecular weight is 444 g/mol. The largest absolute Gasteiger partial charge is 0.274 e. The molecule has 0 bridgehead atoms. The van der Waals surface area contributed by atoms with E-state index in [1.807, 2.05) is 18.2 Å². The second-order valence-corrected chi connectivity index (χ2v) is 11.6. The number of unbranched alkanes of at least 4 members (excludes halogenated alkanes) is 1. The summed E-state index contributed by atoms with van der Waals surface area (Å²) in [4.78, 5) is 37.1. The van der Waals surface area contributed by atoms with Gasteiger partial charge < -0.3 is 0 Å². The molecule has 5 heteroatoms. The van der Waals surface area contributed by atoms with E-state index >= 15 is 0 Å². The maximum atomic E-state index is 12.5. The Morgan fingerprint density at radius 2 is 1.06 bits per heavy atom. The Labute approximate surface area is 189 Å². The molecule has 32 heavy (non-hydrogen) atoms. The van der Waals surface area contributed by atoms with Gasteiger partial charge >= 0.3 is 0 Å². The van der Waals surface area contributed by atoms with Crippen molar-refractivity contribution in [2.24, 2.45) is 0 Å². The van der Waals surface area contributed by atoms with Crippen molar-refractivity contribution in [3.63, 3.8) is 0 Å². The molecule has 3 aromatic carbocycles. The number of amides is 3. The lowest BCUT2D eigenvalue weighted by Crippen LogP contribution is -2.35. The van der Waals surface area contributed by atoms with Gasteiger partial charge in [0, 0.05) is 19.3 Å². The van der Waals surface area contributed by atoms with Crippen molar-refractivity contribution < 1.29 is 14.4 Å². The quantitative estimate of drug-likeness (QED) is 0.302. The maximum Gasteiger partial charge on any atom is 0.236 e. The van der Waals surface area contributed by atoms with Crippen molar-refractivity contribution in [1.29, 1.82) is 0 Å². The lowest BCUT2D eigenvalue weighted by atomic mass is 10.2. The highest BCUT2D eigenvalue weighted by atomic mass is 31.2. The third-order valence-electron chi connectivity index (χ3n) is 6.03. The average Bonchev–Trinajstić information content (AvgIpc) is 3.19. The summed E-state index contributed by atoms with van der Waals surface area (Å²) in [5.41, 5.74) is 0. The molecule has 0 N–H and O–H groups in total. The summed E-state index contributed by atoms with van der Waals surface area (Å²) >= 11 is 0. The second kappa shape index (κ2) is 10.0. The molecule has 0 saturated carbocycles. The van der Waals surface area contributed by atoms with Crippen molar-refractivity contribution in [2.45, 2.75) is 32.1 Å². The molecule has 0 radical (unpaired) electrons. The number of benzene rings is 3. The van der Waals surface area contributed by atoms with Crippen molar-refractivity contribution in [1.82, 2.24) is 4.90 Å². The van der Waals surface area contributed by atoms with Gasteiger partial charge in [-0.2, -0.15) is 0 Å². The predicted molar refractivity (Wildman–Crippen MR) is 130 cm³/mol. The number of imide groups is 3. The first-order chi connectivity index (χ1) is 15.6. The minimum absolute atomic E-state index is 0.148. The predicted octanol–water partition coefficient (Wildman–Crippen LogP) is 3.83. The van der Waals surface area contributed by atoms with Crippen LogP contribution >= 0.6 is 7.26 Å². The fourth-order valence-electron chi connectivity index (χ4n) is 4.47. The van der Waals surface area contributed by atoms with Gasteiger partial charge in [0.25, 0.3) is 0 Å². The molecule has 3 aromatic rings. The molecule has 0 unspecified atom stereocenters. The van der Waals surface area contributed by atoms with Crippen LogP contribution in [0.3, 0.4) is 0 Å². The van der Waals surface area contributed by atoms with Gasteiger partial charge in [0.1, 0.15) is 23.2 Å². The van der Waals surface area contributed by atoms with Gasteiger partial charge in [0.05, 0.1) is 6.16 Å². The molecule has 162 valence electrons. The Hall–Kier alpha value is -3.10. The standard InChI is InChI=1S/C27H27NO3P/c29-25(28-26(30)19-20-27(28)31)18-10-11-21-32(22-12-4-1-5-13-22,23-14-6-2-7-15-23)24-16-8-3-9-17-24/h1-9,12-17H,10-11,18-21H2/q+1. The second-order valence-electron chi connectivity index (χ2n) is 8.01. The summed E-state index contributed by atoms with van der Waals surface area (Å²) in [6.45, 7) is 0. The molecule has 0 atom stereocenters. The number of hydrogen-bond acceptors (Lipinski definition) is 3. The van der Waals surface area contributed by atoms with Gasteiger partial charge in [-0.3, -0.25) is 14.4 Å². The first-order valence-electron chi connectivity index (χ1n) is 11.1. The number of likely N-dealkylation sites (tertiary alicyclic amines) is 1. The third kappa shape index (κ3) is 4.42. The summed E-state index contributed by atoms with van der Waals surface area (Å²) in [5.74, 6) is -1.08. The van der Waals surface area contributed by atoms with Gasteiger partial charge in [-0.1, -0.05) is 54.6 Å². The maximum absolute atomic E-state index is 12.5. The van der Waals surface area contributed by atoms with Crippen molar-refractivity contribution in [3.05, 3.63) is 91.0 Å². The summed E-state index contributed by atoms with van der Waals surface area (Å²) in [6, 6.07) is 31.9. The number of carbonyl (C=O) groups is 3. The summed E-state index contributed by atoms with van der Waals surface area (Å²) in [6.07, 6.45) is 2.90. The van der Waals surface area contributed by atoms with E-state index in [4.69, 9.17) is 0 Å². The SMILES string of the molecule is O=C(CCCC[P+](c1ccccc1)(c1ccccc1)c1ccccc1)N1C(=O)CCC1=O. The van der Waals surface area contributed by atoms with E-state index in [0.717, 1.165) is 17.5 Å². The van der Waals surface area contributed by atoms with Crippen LogP contribution in [0.2, 0.25) is 0 Å². The van der Waals surface area contributed by atoms with Gasteiger partial charge in [-0.25, -0.2) is 4.90 Å².